The number of sulfone groups is 1. The summed E-state index contributed by atoms with van der Waals surface area (Å²) in [7, 11) is -7.84. The molecule has 0 saturated heterocycles. The van der Waals surface area contributed by atoms with Crippen molar-refractivity contribution >= 4 is 31.6 Å². The van der Waals surface area contributed by atoms with Gasteiger partial charge in [0, 0.05) is 34.3 Å². The van der Waals surface area contributed by atoms with E-state index in [9.17, 15) is 30.8 Å². The Hall–Kier alpha value is -0.693. The molecule has 21 heteroatoms. The topological polar surface area (TPSA) is 324 Å². The maximum absolute atomic E-state index is 12.0. The summed E-state index contributed by atoms with van der Waals surface area (Å²) in [5, 5.41) is 17.6. The normalized spacial score (nSPS) is 36.1. The summed E-state index contributed by atoms with van der Waals surface area (Å²) in [6, 6.07) is -0.319. The zero-order chi connectivity index (χ0) is 70.1. The molecule has 16 nitrogen and oxygen atoms in total. The minimum Gasteiger partial charge on any atom is -0.676 e. The van der Waals surface area contributed by atoms with Crippen LogP contribution in [-0.2, 0) is 80.9 Å². The number of allylic oxidation sites excluding steroid dienone is 2. The van der Waals surface area contributed by atoms with Crippen molar-refractivity contribution in [2.24, 2.45) is 92.7 Å². The van der Waals surface area contributed by atoms with Crippen molar-refractivity contribution in [2.45, 2.75) is 319 Å². The summed E-state index contributed by atoms with van der Waals surface area (Å²) >= 11 is 0. The van der Waals surface area contributed by atoms with Crippen molar-refractivity contribution in [3.63, 3.8) is 0 Å². The number of halogens is 1. The van der Waals surface area contributed by atoms with Gasteiger partial charge in [-0.3, -0.25) is 14.0 Å². The monoisotopic (exact) mass is 1800 g/mol. The first-order valence-corrected chi connectivity index (χ1v) is 41.6. The molecule has 0 amide bonds. The maximum Gasteiger partial charge on any atom is 2.00 e. The van der Waals surface area contributed by atoms with Crippen LogP contribution in [0.15, 0.2) is 23.3 Å². The molecule has 11 N–H and O–H groups in total. The van der Waals surface area contributed by atoms with Crippen LogP contribution in [0.5, 0.6) is 0 Å². The summed E-state index contributed by atoms with van der Waals surface area (Å²) in [6.45, 7) is 25.7. The minimum absolute atomic E-state index is 0. The Labute approximate surface area is 632 Å². The predicted octanol–water partition coefficient (Wildman–Crippen LogP) is 19.1. The maximum atomic E-state index is 12.0. The van der Waals surface area contributed by atoms with Crippen LogP contribution >= 0.6 is 0 Å². The quantitative estimate of drug-likeness (QED) is 0.0526. The van der Waals surface area contributed by atoms with Crippen LogP contribution in [0.1, 0.15) is 284 Å². The third kappa shape index (κ3) is 26.3. The number of fused-ring (bicyclic) bond motifs is 10. The van der Waals surface area contributed by atoms with Gasteiger partial charge in [0.15, 0.2) is 15.6 Å². The van der Waals surface area contributed by atoms with E-state index in [1.54, 1.807) is 11.1 Å². The van der Waals surface area contributed by atoms with Crippen LogP contribution in [0.25, 0.3) is 22.9 Å². The molecule has 8 saturated carbocycles. The van der Waals surface area contributed by atoms with E-state index >= 15 is 0 Å². The first kappa shape index (κ1) is 94.4. The van der Waals surface area contributed by atoms with Gasteiger partial charge in [-0.05, 0) is 208 Å². The third-order valence-corrected chi connectivity index (χ3v) is 29.9. The van der Waals surface area contributed by atoms with Gasteiger partial charge < -0.3 is 53.6 Å². The van der Waals surface area contributed by atoms with Gasteiger partial charge in [0.1, 0.15) is 5.75 Å². The molecule has 10 aliphatic rings. The Balaban J connectivity index is 0.000000759. The number of carbonyl (C=O) groups is 2. The fraction of sp³-hybridized carbons (Fsp3) is 0.923. The van der Waals surface area contributed by atoms with Gasteiger partial charge in [0.2, 0.25) is 0 Å². The zero-order valence-corrected chi connectivity index (χ0v) is 68.3. The molecule has 0 bridgehead atoms. The second-order valence-electron chi connectivity index (χ2n) is 33.8. The van der Waals surface area contributed by atoms with Gasteiger partial charge in [0.25, 0.3) is 9.84 Å². The van der Waals surface area contributed by atoms with Gasteiger partial charge in [-0.15, -0.1) is 0 Å². The molecule has 0 spiro atoms. The van der Waals surface area contributed by atoms with Crippen LogP contribution in [0, 0.1) is 92.7 Å². The summed E-state index contributed by atoms with van der Waals surface area (Å²) in [5.74, 6) is 6.00. The van der Waals surface area contributed by atoms with Crippen LogP contribution in [-0.4, -0.2) is 130 Å². The van der Waals surface area contributed by atoms with Crippen LogP contribution < -0.4 is 0 Å². The average Bonchev–Trinajstić information content (AvgIpc) is 1.30. The number of rotatable bonds is 24. The molecule has 0 aromatic carbocycles. The van der Waals surface area contributed by atoms with Crippen LogP contribution in [0.3, 0.4) is 0 Å². The first-order valence-electron chi connectivity index (χ1n) is 38.6. The number of nitrogens with one attached hydrogen (secondary N) is 4. The summed E-state index contributed by atoms with van der Waals surface area (Å²) < 4.78 is 73.2. The largest absolute Gasteiger partial charge is 2.00 e. The van der Waals surface area contributed by atoms with Gasteiger partial charge in [-0.2, -0.15) is 28.4 Å². The molecule has 0 radical (unpaired) electrons. The van der Waals surface area contributed by atoms with Crippen molar-refractivity contribution in [3.8, 4) is 0 Å². The molecule has 10 rings (SSSR count). The van der Waals surface area contributed by atoms with E-state index < -0.39 is 50.3 Å². The van der Waals surface area contributed by atoms with E-state index in [1.165, 1.54) is 141 Å². The molecule has 21 atom stereocenters. The molecule has 99 heavy (non-hydrogen) atoms. The van der Waals surface area contributed by atoms with Crippen molar-refractivity contribution in [3.05, 3.63) is 46.2 Å². The van der Waals surface area contributed by atoms with E-state index in [0.29, 0.717) is 42.3 Å². The minimum atomic E-state index is -3.55. The number of alkyl halides is 1. The first-order chi connectivity index (χ1) is 44.7. The molecule has 8 fully saturated rings. The fourth-order valence-electron chi connectivity index (χ4n) is 21.4. The number of carboxylic acid groups (broad SMARTS) is 2. The zero-order valence-electron chi connectivity index (χ0n) is 63.2. The molecule has 13 unspecified atom stereocenters. The van der Waals surface area contributed by atoms with Gasteiger partial charge in [0.05, 0.1) is 32.2 Å². The smallest absolute Gasteiger partial charge is 0.676 e. The van der Waals surface area contributed by atoms with Crippen molar-refractivity contribution < 1.29 is 105 Å². The van der Waals surface area contributed by atoms with E-state index in [1.807, 2.05) is 0 Å². The van der Waals surface area contributed by atoms with Crippen molar-refractivity contribution in [2.75, 3.05) is 43.4 Å². The molecule has 0 aromatic heterocycles. The fourth-order valence-corrected chi connectivity index (χ4v) is 23.6. The molecule has 10 aliphatic carbocycles. The molecule has 0 heterocycles. The number of hydrogen-bond acceptors (Lipinski definition) is 7. The summed E-state index contributed by atoms with van der Waals surface area (Å²) in [4.78, 5) is 21.5. The van der Waals surface area contributed by atoms with Gasteiger partial charge in [-0.1, -0.05) is 190 Å². The molecular weight excluding hydrogens is 1660 g/mol. The van der Waals surface area contributed by atoms with E-state index in [2.05, 4.69) is 81.4 Å². The Morgan fingerprint density at radius 2 is 0.919 bits per heavy atom. The summed E-state index contributed by atoms with van der Waals surface area (Å²) in [5.41, 5.74) is 34.0. The number of hydrogen-bond donors (Lipinski definition) is 2. The molecule has 0 aromatic rings. The Bertz CT molecular complexity index is 2490. The van der Waals surface area contributed by atoms with Gasteiger partial charge >= 0.3 is 33.0 Å². The Morgan fingerprint density at radius 1 is 0.566 bits per heavy atom. The van der Waals surface area contributed by atoms with Crippen molar-refractivity contribution in [1.82, 2.24) is 0 Å². The van der Waals surface area contributed by atoms with Crippen molar-refractivity contribution in [1.29, 1.82) is 0 Å². The second kappa shape index (κ2) is 43.9. The van der Waals surface area contributed by atoms with E-state index in [0.717, 1.165) is 122 Å². The van der Waals surface area contributed by atoms with Gasteiger partial charge in [-0.25, -0.2) is 12.6 Å². The average molecular weight is 1800 g/mol. The van der Waals surface area contributed by atoms with Crippen LogP contribution in [0.4, 0.5) is 4.39 Å². The predicted molar refractivity (Wildman–Crippen MR) is 399 cm³/mol. The molecule has 588 valence electrons. The summed E-state index contributed by atoms with van der Waals surface area (Å²) in [6.07, 6.45) is 43.2. The Kier molecular flexibility index (Phi) is 41.9. The van der Waals surface area contributed by atoms with E-state index in [4.69, 9.17) is 44.0 Å². The second-order valence-corrected chi connectivity index (χ2v) is 38.2. The third-order valence-electron chi connectivity index (χ3n) is 26.7. The van der Waals surface area contributed by atoms with Crippen LogP contribution in [0.2, 0.25) is 0 Å². The van der Waals surface area contributed by atoms with E-state index in [-0.39, 0.29) is 114 Å². The SMILES string of the molecule is C.CC(C)CCC[C@@H](C)[C@H]1CCC2C3CC=C4CC(OCCCS(=O)(=O)CC(=O)O)CC[C@]4(C)C3CC[C@@]21C.CC(C)CCC[C@@H](C)[C@H]1CCC2C3CC=C4CC(OCCCS(=O)(=[OH+])CC(=O)O)CC[C@]4(C)C3CC[C@@]21C.O.O.[2H]CF.[NH-]C1CCCCC1[NH-].[NH-]C1CCCCC1[NH-].[Pt+2].[Pt]. The molecule has 0 aliphatic heterocycles. The Morgan fingerprint density at radius 3 is 1.25 bits per heavy atom. The number of ether oxygens (including phenoxy) is 2. The number of carboxylic acids is 2. The standard InChI is InChI=1S/2C32H54O5S.2C6H12N2.CH3F.CH4.2H2O.2Pt/c2*1-22(2)8-6-9-23(3)27-12-13-28-26-11-10-24-20-25(37-18-7-19-38(35,36)21-30(33)34)14-16-31(24,4)29(26)15-17-32(27,28)5;2*7-5-3-1-2-4-6(5)8;1-2;;;;;/h2*10,22-23,25-29H,6-9,11-21H2,1-5H3,(H,33,34);2*5-8H,1-4H2;1H3;1H4;2*1H2;;/q;;2*-2;;;;;;+2/p+1/t2*23-,25?,26?,27-,28?,29?,31+,32-;;;;;;;;/m11......../s1/i;;;;1D;;;;;. The number of aliphatic carboxylic acids is 2. The molecular formula is C78H144FN4O12Pt2S2-.